The lowest BCUT2D eigenvalue weighted by molar-refractivity contribution is -0.146. The smallest absolute Gasteiger partial charge is 0.326 e. The summed E-state index contributed by atoms with van der Waals surface area (Å²) in [5.41, 5.74) is 0. The molecule has 0 saturated carbocycles. The zero-order valence-corrected chi connectivity index (χ0v) is 29.4. The molecule has 7 atom stereocenters. The summed E-state index contributed by atoms with van der Waals surface area (Å²) in [6.45, 7) is 9.79. The zero-order valence-electron chi connectivity index (χ0n) is 29.4. The zero-order chi connectivity index (χ0) is 38.3. The predicted molar refractivity (Wildman–Crippen MR) is 176 cm³/mol. The standard InChI is InChI=1S/C32H52N6O12/c1-7-9-11-19(32(49)50)34-29(46)22-12-10-13-38(22)31(48)25(16(3)4)36-30(47)26(17(5)8-2)37-28(45)21(15-24(42)43)35-27(44)20(14-23(40)41)33-18(6)39/h16-17,19-22,25-26H,7-15H2,1-6H3,(H,33,39)(H,34,46)(H,35,44)(H,36,47)(H,37,45)(H,40,41)(H,42,43)(H,49,50)/t17-,19-,20-,21-,22-,25-,26-/m0/s1. The van der Waals surface area contributed by atoms with Crippen molar-refractivity contribution in [3.05, 3.63) is 0 Å². The molecule has 0 bridgehead atoms. The minimum absolute atomic E-state index is 0.187. The van der Waals surface area contributed by atoms with Crippen LogP contribution < -0.4 is 26.6 Å². The van der Waals surface area contributed by atoms with Crippen molar-refractivity contribution in [1.29, 1.82) is 0 Å². The first-order valence-electron chi connectivity index (χ1n) is 16.8. The molecule has 1 fully saturated rings. The van der Waals surface area contributed by atoms with Gasteiger partial charge in [0.2, 0.25) is 35.4 Å². The Bertz CT molecular complexity index is 1260. The molecule has 50 heavy (non-hydrogen) atoms. The van der Waals surface area contributed by atoms with Crippen molar-refractivity contribution >= 4 is 53.4 Å². The van der Waals surface area contributed by atoms with Gasteiger partial charge in [-0.25, -0.2) is 4.79 Å². The van der Waals surface area contributed by atoms with Crippen molar-refractivity contribution < 1.29 is 58.5 Å². The number of hydrogen-bond acceptors (Lipinski definition) is 9. The number of nitrogens with zero attached hydrogens (tertiary/aromatic N) is 1. The lowest BCUT2D eigenvalue weighted by Gasteiger charge is -2.33. The van der Waals surface area contributed by atoms with Crippen LogP contribution in [0.25, 0.3) is 0 Å². The molecule has 8 N–H and O–H groups in total. The minimum Gasteiger partial charge on any atom is -0.481 e. The van der Waals surface area contributed by atoms with Crippen molar-refractivity contribution in [2.75, 3.05) is 6.54 Å². The van der Waals surface area contributed by atoms with Gasteiger partial charge < -0.3 is 46.8 Å². The molecule has 0 spiro atoms. The van der Waals surface area contributed by atoms with Gasteiger partial charge in [-0.3, -0.25) is 38.4 Å². The summed E-state index contributed by atoms with van der Waals surface area (Å²) in [7, 11) is 0. The van der Waals surface area contributed by atoms with Crippen LogP contribution in [-0.4, -0.2) is 116 Å². The first-order chi connectivity index (χ1) is 23.3. The van der Waals surface area contributed by atoms with E-state index in [0.717, 1.165) is 13.3 Å². The molecular formula is C32H52N6O12. The van der Waals surface area contributed by atoms with E-state index in [1.165, 1.54) is 4.90 Å². The third-order valence-electron chi connectivity index (χ3n) is 8.41. The van der Waals surface area contributed by atoms with Crippen LogP contribution in [0.15, 0.2) is 0 Å². The van der Waals surface area contributed by atoms with Gasteiger partial charge in [-0.05, 0) is 31.1 Å². The lowest BCUT2D eigenvalue weighted by atomic mass is 9.95. The summed E-state index contributed by atoms with van der Waals surface area (Å²) >= 11 is 0. The van der Waals surface area contributed by atoms with Gasteiger partial charge in [0.05, 0.1) is 12.8 Å². The van der Waals surface area contributed by atoms with Crippen LogP contribution in [0.4, 0.5) is 0 Å². The number of nitrogens with one attached hydrogen (secondary N) is 5. The second-order valence-electron chi connectivity index (χ2n) is 12.8. The number of carboxylic acids is 3. The second-order valence-corrected chi connectivity index (χ2v) is 12.8. The Labute approximate surface area is 290 Å². The molecule has 0 aromatic heterocycles. The molecule has 282 valence electrons. The maximum absolute atomic E-state index is 13.8. The monoisotopic (exact) mass is 712 g/mol. The second kappa shape index (κ2) is 20.7. The van der Waals surface area contributed by atoms with Crippen molar-refractivity contribution in [2.45, 2.75) is 129 Å². The van der Waals surface area contributed by atoms with E-state index < -0.39 is 114 Å². The summed E-state index contributed by atoms with van der Waals surface area (Å²) in [6, 6.07) is -7.97. The minimum atomic E-state index is -1.78. The Hall–Kier alpha value is -4.77. The number of carboxylic acid groups (broad SMARTS) is 3. The van der Waals surface area contributed by atoms with Crippen molar-refractivity contribution in [3.63, 3.8) is 0 Å². The van der Waals surface area contributed by atoms with E-state index in [1.54, 1.807) is 27.7 Å². The van der Waals surface area contributed by atoms with E-state index in [0.29, 0.717) is 19.3 Å². The molecule has 0 aromatic carbocycles. The third-order valence-corrected chi connectivity index (χ3v) is 8.41. The molecule has 1 aliphatic rings. The van der Waals surface area contributed by atoms with Gasteiger partial charge in [0, 0.05) is 13.5 Å². The van der Waals surface area contributed by atoms with Crippen LogP contribution >= 0.6 is 0 Å². The van der Waals surface area contributed by atoms with E-state index in [2.05, 4.69) is 26.6 Å². The van der Waals surface area contributed by atoms with Gasteiger partial charge >= 0.3 is 17.9 Å². The van der Waals surface area contributed by atoms with Crippen LogP contribution in [-0.2, 0) is 43.2 Å². The van der Waals surface area contributed by atoms with Gasteiger partial charge in [-0.1, -0.05) is 53.9 Å². The molecule has 0 aliphatic carbocycles. The SMILES string of the molecule is CCCC[C@H](NC(=O)[C@@H]1CCCN1C(=O)[C@@H](NC(=O)[C@@H](NC(=O)[C@H](CC(=O)O)NC(=O)[C@H](CC(=O)O)NC(C)=O)[C@@H](C)CC)C(C)C)C(=O)O. The van der Waals surface area contributed by atoms with E-state index in [9.17, 15) is 53.4 Å². The number of rotatable bonds is 21. The number of carbonyl (C=O) groups excluding carboxylic acids is 6. The molecular weight excluding hydrogens is 660 g/mol. The van der Waals surface area contributed by atoms with Gasteiger partial charge in [-0.15, -0.1) is 0 Å². The molecule has 1 heterocycles. The quantitative estimate of drug-likeness (QED) is 0.0737. The summed E-state index contributed by atoms with van der Waals surface area (Å²) in [6.07, 6.45) is 0.817. The van der Waals surface area contributed by atoms with Gasteiger partial charge in [0.25, 0.3) is 0 Å². The van der Waals surface area contributed by atoms with Gasteiger partial charge in [-0.2, -0.15) is 0 Å². The Morgan fingerprint density at radius 3 is 1.74 bits per heavy atom. The molecule has 18 heteroatoms. The fourth-order valence-corrected chi connectivity index (χ4v) is 5.41. The van der Waals surface area contributed by atoms with Crippen LogP contribution in [0.5, 0.6) is 0 Å². The van der Waals surface area contributed by atoms with Crippen molar-refractivity contribution in [2.24, 2.45) is 11.8 Å². The van der Waals surface area contributed by atoms with E-state index in [1.807, 2.05) is 6.92 Å². The van der Waals surface area contributed by atoms with E-state index in [-0.39, 0.29) is 19.4 Å². The average molecular weight is 713 g/mol. The van der Waals surface area contributed by atoms with Crippen LogP contribution in [0, 0.1) is 11.8 Å². The third kappa shape index (κ3) is 13.6. The highest BCUT2D eigenvalue weighted by atomic mass is 16.4. The van der Waals surface area contributed by atoms with E-state index in [4.69, 9.17) is 5.11 Å². The van der Waals surface area contributed by atoms with Gasteiger partial charge in [0.15, 0.2) is 0 Å². The molecule has 18 nitrogen and oxygen atoms in total. The number of unbranched alkanes of at least 4 members (excludes halogenated alkanes) is 1. The van der Waals surface area contributed by atoms with Crippen LogP contribution in [0.2, 0.25) is 0 Å². The molecule has 1 rings (SSSR count). The fourth-order valence-electron chi connectivity index (χ4n) is 5.41. The number of hydrogen-bond donors (Lipinski definition) is 8. The maximum Gasteiger partial charge on any atom is 0.326 e. The number of carbonyl (C=O) groups is 9. The highest BCUT2D eigenvalue weighted by molar-refractivity contribution is 5.98. The van der Waals surface area contributed by atoms with E-state index >= 15 is 0 Å². The van der Waals surface area contributed by atoms with Crippen molar-refractivity contribution in [3.8, 4) is 0 Å². The van der Waals surface area contributed by atoms with Crippen molar-refractivity contribution in [1.82, 2.24) is 31.5 Å². The summed E-state index contributed by atoms with van der Waals surface area (Å²) < 4.78 is 0. The Morgan fingerprint density at radius 1 is 0.720 bits per heavy atom. The Kier molecular flexibility index (Phi) is 17.9. The molecule has 6 amide bonds. The Morgan fingerprint density at radius 2 is 1.26 bits per heavy atom. The molecule has 1 aliphatic heterocycles. The lowest BCUT2D eigenvalue weighted by Crippen LogP contribution is -2.61. The predicted octanol–water partition coefficient (Wildman–Crippen LogP) is -0.652. The molecule has 0 radical (unpaired) electrons. The summed E-state index contributed by atoms with van der Waals surface area (Å²) in [4.78, 5) is 114. The van der Waals surface area contributed by atoms with Crippen LogP contribution in [0.1, 0.15) is 92.9 Å². The van der Waals surface area contributed by atoms with Gasteiger partial charge in [0.1, 0.15) is 36.3 Å². The highest BCUT2D eigenvalue weighted by Gasteiger charge is 2.41. The first kappa shape index (κ1) is 43.3. The van der Waals surface area contributed by atoms with Crippen LogP contribution in [0.3, 0.4) is 0 Å². The molecule has 1 saturated heterocycles. The summed E-state index contributed by atoms with van der Waals surface area (Å²) in [5.74, 6) is -10.2. The number of amides is 6. The fraction of sp³-hybridized carbons (Fsp3) is 0.719. The number of aliphatic carboxylic acids is 3. The molecule has 0 aromatic rings. The topological polar surface area (TPSA) is 278 Å². The number of likely N-dealkylation sites (tertiary alicyclic amines) is 1. The summed E-state index contributed by atoms with van der Waals surface area (Å²) in [5, 5.41) is 40.0. The highest BCUT2D eigenvalue weighted by Crippen LogP contribution is 2.21. The maximum atomic E-state index is 13.8. The Balaban J connectivity index is 3.23. The first-order valence-corrected chi connectivity index (χ1v) is 16.8. The molecule has 0 unspecified atom stereocenters. The average Bonchev–Trinajstić information content (AvgIpc) is 3.52. The normalized spacial score (nSPS) is 17.7. The largest absolute Gasteiger partial charge is 0.481 e.